The van der Waals surface area contributed by atoms with Gasteiger partial charge in [-0.1, -0.05) is 0 Å². The average Bonchev–Trinajstić information content (AvgIpc) is 2.74. The summed E-state index contributed by atoms with van der Waals surface area (Å²) in [6.07, 6.45) is 5.62. The molecule has 0 aromatic carbocycles. The van der Waals surface area contributed by atoms with Crippen LogP contribution in [0, 0.1) is 11.3 Å². The van der Waals surface area contributed by atoms with Crippen LogP contribution in [0.5, 0.6) is 0 Å². The molecule has 1 aliphatic heterocycles. The van der Waals surface area contributed by atoms with E-state index in [-0.39, 0.29) is 0 Å². The summed E-state index contributed by atoms with van der Waals surface area (Å²) in [5, 5.41) is 0. The Balaban J connectivity index is 1.94. The highest BCUT2D eigenvalue weighted by Crippen LogP contribution is 2.48. The molecule has 1 saturated carbocycles. The van der Waals surface area contributed by atoms with Gasteiger partial charge in [0.05, 0.1) is 0 Å². The molecule has 2 N–H and O–H groups in total. The van der Waals surface area contributed by atoms with Gasteiger partial charge < -0.3 is 10.6 Å². The smallest absolute Gasteiger partial charge is 0.00413 e. The van der Waals surface area contributed by atoms with Gasteiger partial charge in [-0.3, -0.25) is 0 Å². The third-order valence-corrected chi connectivity index (χ3v) is 4.34. The van der Waals surface area contributed by atoms with E-state index in [0.717, 1.165) is 18.5 Å². The van der Waals surface area contributed by atoms with Crippen molar-refractivity contribution < 1.29 is 0 Å². The predicted octanol–water partition coefficient (Wildman–Crippen LogP) is 1.85. The van der Waals surface area contributed by atoms with Gasteiger partial charge in [0.15, 0.2) is 0 Å². The largest absolute Gasteiger partial charge is 0.330 e. The van der Waals surface area contributed by atoms with Crippen LogP contribution in [0.15, 0.2) is 0 Å². The van der Waals surface area contributed by atoms with E-state index in [9.17, 15) is 0 Å². The fraction of sp³-hybridized carbons (Fsp3) is 1.00. The van der Waals surface area contributed by atoms with Gasteiger partial charge in [-0.25, -0.2) is 0 Å². The van der Waals surface area contributed by atoms with Crippen LogP contribution in [0.25, 0.3) is 0 Å². The van der Waals surface area contributed by atoms with Gasteiger partial charge in [0.2, 0.25) is 0 Å². The predicted molar refractivity (Wildman–Crippen MR) is 60.2 cm³/mol. The first-order chi connectivity index (χ1) is 6.65. The second-order valence-electron chi connectivity index (χ2n) is 5.66. The standard InChI is InChI=1S/C12H24N2/c1-10(2)14-6-5-12(9-14)4-3-11(7-12)8-13/h10-11H,3-9,13H2,1-2H3/t11-,12+/m1/s1. The Morgan fingerprint density at radius 1 is 1.43 bits per heavy atom. The van der Waals surface area contributed by atoms with E-state index in [1.165, 1.54) is 38.8 Å². The van der Waals surface area contributed by atoms with E-state index in [1.54, 1.807) is 0 Å². The molecule has 2 rings (SSSR count). The van der Waals surface area contributed by atoms with Crippen molar-refractivity contribution in [3.8, 4) is 0 Å². The average molecular weight is 196 g/mol. The van der Waals surface area contributed by atoms with Crippen molar-refractivity contribution >= 4 is 0 Å². The topological polar surface area (TPSA) is 29.3 Å². The van der Waals surface area contributed by atoms with Crippen molar-refractivity contribution in [1.82, 2.24) is 4.90 Å². The SMILES string of the molecule is CC(C)N1CC[C@]2(CC[C@@H](CN)C2)C1. The van der Waals surface area contributed by atoms with Crippen molar-refractivity contribution in [3.05, 3.63) is 0 Å². The molecule has 2 heteroatoms. The molecule has 2 aliphatic rings. The maximum atomic E-state index is 5.77. The molecule has 1 heterocycles. The molecule has 0 aromatic rings. The van der Waals surface area contributed by atoms with Gasteiger partial charge >= 0.3 is 0 Å². The fourth-order valence-corrected chi connectivity index (χ4v) is 3.31. The zero-order valence-corrected chi connectivity index (χ0v) is 9.63. The second-order valence-corrected chi connectivity index (χ2v) is 5.66. The quantitative estimate of drug-likeness (QED) is 0.730. The van der Waals surface area contributed by atoms with Crippen molar-refractivity contribution in [2.24, 2.45) is 17.1 Å². The lowest BCUT2D eigenvalue weighted by Gasteiger charge is -2.26. The summed E-state index contributed by atoms with van der Waals surface area (Å²) in [4.78, 5) is 2.64. The molecule has 14 heavy (non-hydrogen) atoms. The summed E-state index contributed by atoms with van der Waals surface area (Å²) in [5.41, 5.74) is 6.43. The minimum Gasteiger partial charge on any atom is -0.330 e. The minimum absolute atomic E-state index is 0.661. The zero-order valence-electron chi connectivity index (χ0n) is 9.63. The van der Waals surface area contributed by atoms with Crippen LogP contribution in [-0.4, -0.2) is 30.6 Å². The van der Waals surface area contributed by atoms with Crippen molar-refractivity contribution in [2.45, 2.75) is 45.6 Å². The maximum Gasteiger partial charge on any atom is 0.00413 e. The molecule has 0 bridgehead atoms. The Hall–Kier alpha value is -0.0800. The van der Waals surface area contributed by atoms with Crippen molar-refractivity contribution in [1.29, 1.82) is 0 Å². The third-order valence-electron chi connectivity index (χ3n) is 4.34. The molecule has 1 saturated heterocycles. The normalized spacial score (nSPS) is 39.0. The highest BCUT2D eigenvalue weighted by molar-refractivity contribution is 4.96. The monoisotopic (exact) mass is 196 g/mol. The first-order valence-electron chi connectivity index (χ1n) is 6.09. The molecule has 2 atom stereocenters. The molecule has 2 fully saturated rings. The van der Waals surface area contributed by atoms with Gasteiger partial charge in [0.25, 0.3) is 0 Å². The molecular weight excluding hydrogens is 172 g/mol. The summed E-state index contributed by atoms with van der Waals surface area (Å²) in [5.74, 6) is 0.821. The lowest BCUT2D eigenvalue weighted by Crippen LogP contribution is -2.31. The second kappa shape index (κ2) is 3.82. The van der Waals surface area contributed by atoms with Gasteiger partial charge in [0, 0.05) is 12.6 Å². The Kier molecular flexibility index (Phi) is 2.85. The van der Waals surface area contributed by atoms with Gasteiger partial charge in [-0.05, 0) is 64.0 Å². The van der Waals surface area contributed by atoms with Gasteiger partial charge in [-0.2, -0.15) is 0 Å². The molecule has 2 nitrogen and oxygen atoms in total. The third kappa shape index (κ3) is 1.82. The molecule has 1 aliphatic carbocycles. The highest BCUT2D eigenvalue weighted by atomic mass is 15.2. The van der Waals surface area contributed by atoms with Crippen molar-refractivity contribution in [2.75, 3.05) is 19.6 Å². The Morgan fingerprint density at radius 2 is 2.21 bits per heavy atom. The van der Waals surface area contributed by atoms with Gasteiger partial charge in [0.1, 0.15) is 0 Å². The molecule has 0 radical (unpaired) electrons. The summed E-state index contributed by atoms with van der Waals surface area (Å²) in [6.45, 7) is 8.18. The number of nitrogens with two attached hydrogens (primary N) is 1. The Bertz CT molecular complexity index is 202. The number of rotatable bonds is 2. The van der Waals surface area contributed by atoms with E-state index < -0.39 is 0 Å². The van der Waals surface area contributed by atoms with Crippen LogP contribution < -0.4 is 5.73 Å². The number of hydrogen-bond donors (Lipinski definition) is 1. The Labute approximate surface area is 87.8 Å². The lowest BCUT2D eigenvalue weighted by atomic mass is 9.84. The molecule has 0 unspecified atom stereocenters. The molecule has 82 valence electrons. The summed E-state index contributed by atoms with van der Waals surface area (Å²) >= 11 is 0. The molecule has 0 amide bonds. The maximum absolute atomic E-state index is 5.77. The first kappa shape index (κ1) is 10.4. The van der Waals surface area contributed by atoms with Crippen molar-refractivity contribution in [3.63, 3.8) is 0 Å². The van der Waals surface area contributed by atoms with Crippen LogP contribution in [0.2, 0.25) is 0 Å². The minimum atomic E-state index is 0.661. The van der Waals surface area contributed by atoms with E-state index in [2.05, 4.69) is 18.7 Å². The number of hydrogen-bond acceptors (Lipinski definition) is 2. The fourth-order valence-electron chi connectivity index (χ4n) is 3.31. The number of likely N-dealkylation sites (tertiary alicyclic amines) is 1. The summed E-state index contributed by atoms with van der Waals surface area (Å²) in [6, 6.07) is 0.728. The van der Waals surface area contributed by atoms with Crippen LogP contribution in [-0.2, 0) is 0 Å². The van der Waals surface area contributed by atoms with E-state index in [4.69, 9.17) is 5.73 Å². The van der Waals surface area contributed by atoms with E-state index in [1.807, 2.05) is 0 Å². The lowest BCUT2D eigenvalue weighted by molar-refractivity contribution is 0.221. The molecular formula is C12H24N2. The van der Waals surface area contributed by atoms with E-state index in [0.29, 0.717) is 5.41 Å². The molecule has 0 aromatic heterocycles. The summed E-state index contributed by atoms with van der Waals surface area (Å²) < 4.78 is 0. The van der Waals surface area contributed by atoms with Crippen LogP contribution >= 0.6 is 0 Å². The first-order valence-corrected chi connectivity index (χ1v) is 6.09. The number of nitrogens with zero attached hydrogens (tertiary/aromatic N) is 1. The zero-order chi connectivity index (χ0) is 10.2. The van der Waals surface area contributed by atoms with Crippen LogP contribution in [0.4, 0.5) is 0 Å². The molecule has 1 spiro atoms. The Morgan fingerprint density at radius 3 is 2.71 bits per heavy atom. The highest BCUT2D eigenvalue weighted by Gasteiger charge is 2.43. The summed E-state index contributed by atoms with van der Waals surface area (Å²) in [7, 11) is 0. The van der Waals surface area contributed by atoms with E-state index >= 15 is 0 Å². The van der Waals surface area contributed by atoms with Crippen LogP contribution in [0.1, 0.15) is 39.5 Å². The van der Waals surface area contributed by atoms with Crippen LogP contribution in [0.3, 0.4) is 0 Å². The van der Waals surface area contributed by atoms with Gasteiger partial charge in [-0.15, -0.1) is 0 Å².